The summed E-state index contributed by atoms with van der Waals surface area (Å²) < 4.78 is 5.82. The first-order valence-electron chi connectivity index (χ1n) is 10.5. The number of aryl methyl sites for hydroxylation is 2. The summed E-state index contributed by atoms with van der Waals surface area (Å²) in [5.41, 5.74) is 4.23. The maximum absolute atomic E-state index is 12.8. The molecule has 0 saturated heterocycles. The molecule has 3 nitrogen and oxygen atoms in total. The molecule has 4 aromatic carbocycles. The summed E-state index contributed by atoms with van der Waals surface area (Å²) in [6.45, 7) is 0.617. The van der Waals surface area contributed by atoms with Crippen molar-refractivity contribution < 1.29 is 9.53 Å². The Morgan fingerprint density at radius 1 is 0.839 bits per heavy atom. The van der Waals surface area contributed by atoms with Gasteiger partial charge in [-0.1, -0.05) is 42.5 Å². The minimum atomic E-state index is -0.107. The van der Waals surface area contributed by atoms with Crippen LogP contribution in [0.5, 0.6) is 5.75 Å². The molecule has 154 valence electrons. The van der Waals surface area contributed by atoms with E-state index in [1.54, 1.807) is 11.8 Å². The molecule has 0 bridgehead atoms. The van der Waals surface area contributed by atoms with Crippen molar-refractivity contribution in [3.05, 3.63) is 102 Å². The topological polar surface area (TPSA) is 38.3 Å². The van der Waals surface area contributed by atoms with Gasteiger partial charge in [-0.2, -0.15) is 0 Å². The Morgan fingerprint density at radius 3 is 2.42 bits per heavy atom. The monoisotopic (exact) mass is 425 g/mol. The molecule has 1 N–H and O–H groups in total. The maximum atomic E-state index is 12.8. The molecular weight excluding hydrogens is 402 g/mol. The van der Waals surface area contributed by atoms with Crippen molar-refractivity contribution in [3.8, 4) is 5.75 Å². The van der Waals surface area contributed by atoms with Crippen molar-refractivity contribution in [2.45, 2.75) is 17.7 Å². The number of carbonyl (C=O) groups is 1. The van der Waals surface area contributed by atoms with Gasteiger partial charge in [-0.25, -0.2) is 0 Å². The fourth-order valence-electron chi connectivity index (χ4n) is 4.09. The van der Waals surface area contributed by atoms with Gasteiger partial charge >= 0.3 is 0 Å². The fourth-order valence-corrected chi connectivity index (χ4v) is 4.84. The van der Waals surface area contributed by atoms with Crippen molar-refractivity contribution in [2.75, 3.05) is 17.7 Å². The summed E-state index contributed by atoms with van der Waals surface area (Å²) in [5, 5.41) is 5.52. The lowest BCUT2D eigenvalue weighted by Gasteiger charge is -2.11. The first-order valence-corrected chi connectivity index (χ1v) is 11.5. The van der Waals surface area contributed by atoms with Gasteiger partial charge in [0.25, 0.3) is 5.91 Å². The average molecular weight is 426 g/mol. The summed E-state index contributed by atoms with van der Waals surface area (Å²) in [7, 11) is 0. The predicted molar refractivity (Wildman–Crippen MR) is 128 cm³/mol. The van der Waals surface area contributed by atoms with E-state index in [1.807, 2.05) is 48.5 Å². The van der Waals surface area contributed by atoms with E-state index < -0.39 is 0 Å². The van der Waals surface area contributed by atoms with Gasteiger partial charge in [0.05, 0.1) is 6.61 Å². The second-order valence-electron chi connectivity index (χ2n) is 7.60. The summed E-state index contributed by atoms with van der Waals surface area (Å²) in [6, 6.07) is 28.1. The molecule has 0 saturated carbocycles. The van der Waals surface area contributed by atoms with Crippen LogP contribution >= 0.6 is 11.8 Å². The number of hydrogen-bond donors (Lipinski definition) is 1. The van der Waals surface area contributed by atoms with Crippen molar-refractivity contribution in [1.82, 2.24) is 0 Å². The van der Waals surface area contributed by atoms with Crippen LogP contribution in [0.2, 0.25) is 0 Å². The first-order chi connectivity index (χ1) is 15.3. The van der Waals surface area contributed by atoms with E-state index in [4.69, 9.17) is 4.74 Å². The number of benzene rings is 4. The van der Waals surface area contributed by atoms with E-state index in [-0.39, 0.29) is 5.91 Å². The maximum Gasteiger partial charge on any atom is 0.255 e. The number of carbonyl (C=O) groups excluding carboxylic acids is 1. The third-order valence-corrected chi connectivity index (χ3v) is 6.58. The van der Waals surface area contributed by atoms with E-state index in [1.165, 1.54) is 21.4 Å². The second kappa shape index (κ2) is 8.86. The molecule has 31 heavy (non-hydrogen) atoms. The van der Waals surface area contributed by atoms with Gasteiger partial charge in [0, 0.05) is 27.3 Å². The summed E-state index contributed by atoms with van der Waals surface area (Å²) in [4.78, 5) is 14.1. The molecule has 1 amide bonds. The van der Waals surface area contributed by atoms with Crippen molar-refractivity contribution in [2.24, 2.45) is 0 Å². The zero-order valence-electron chi connectivity index (χ0n) is 17.1. The van der Waals surface area contributed by atoms with E-state index in [2.05, 4.69) is 41.7 Å². The van der Waals surface area contributed by atoms with Gasteiger partial charge < -0.3 is 10.1 Å². The normalized spacial score (nSPS) is 12.1. The smallest absolute Gasteiger partial charge is 0.255 e. The number of nitrogens with one attached hydrogen (secondary N) is 1. The average Bonchev–Trinajstić information content (AvgIpc) is 3.24. The minimum Gasteiger partial charge on any atom is -0.493 e. The molecular formula is C27H23NO2S. The third kappa shape index (κ3) is 4.30. The molecule has 5 rings (SSSR count). The SMILES string of the molecule is O=C(Nc1ccc2c3c(cccc13)CC2)c1ccc(OCCSc2ccccc2)cc1. The highest BCUT2D eigenvalue weighted by molar-refractivity contribution is 7.99. The van der Waals surface area contributed by atoms with Crippen LogP contribution in [-0.4, -0.2) is 18.3 Å². The highest BCUT2D eigenvalue weighted by Gasteiger charge is 2.17. The zero-order valence-corrected chi connectivity index (χ0v) is 18.0. The highest BCUT2D eigenvalue weighted by Crippen LogP contribution is 2.35. The standard InChI is InChI=1S/C27H23NO2S/c29-27(28-25-16-13-20-10-9-19-5-4-8-24(25)26(19)20)21-11-14-22(15-12-21)30-17-18-31-23-6-2-1-3-7-23/h1-8,11-16H,9-10,17-18H2,(H,28,29). The lowest BCUT2D eigenvalue weighted by molar-refractivity contribution is 0.102. The number of rotatable bonds is 7. The molecule has 1 aliphatic carbocycles. The lowest BCUT2D eigenvalue weighted by atomic mass is 10.0. The van der Waals surface area contributed by atoms with Crippen molar-refractivity contribution in [1.29, 1.82) is 0 Å². The molecule has 4 heteroatoms. The molecule has 0 spiro atoms. The highest BCUT2D eigenvalue weighted by atomic mass is 32.2. The van der Waals surface area contributed by atoms with Gasteiger partial charge in [0.2, 0.25) is 0 Å². The Hall–Kier alpha value is -3.24. The molecule has 0 atom stereocenters. The molecule has 0 unspecified atom stereocenters. The van der Waals surface area contributed by atoms with E-state index in [0.717, 1.165) is 35.4 Å². The molecule has 0 heterocycles. The summed E-state index contributed by atoms with van der Waals surface area (Å²) in [5.74, 6) is 1.54. The molecule has 0 fully saturated rings. The Balaban J connectivity index is 1.21. The van der Waals surface area contributed by atoms with Crippen LogP contribution in [0.1, 0.15) is 21.5 Å². The van der Waals surface area contributed by atoms with Crippen molar-refractivity contribution in [3.63, 3.8) is 0 Å². The van der Waals surface area contributed by atoms with Crippen molar-refractivity contribution >= 4 is 34.1 Å². The molecule has 1 aliphatic rings. The Labute approximate surface area is 186 Å². The third-order valence-electron chi connectivity index (χ3n) is 5.61. The lowest BCUT2D eigenvalue weighted by Crippen LogP contribution is -2.12. The molecule has 0 radical (unpaired) electrons. The summed E-state index contributed by atoms with van der Waals surface area (Å²) >= 11 is 1.77. The second-order valence-corrected chi connectivity index (χ2v) is 8.77. The van der Waals surface area contributed by atoms with Crippen LogP contribution in [0.3, 0.4) is 0 Å². The van der Waals surface area contributed by atoms with Crippen LogP contribution in [0.4, 0.5) is 5.69 Å². The largest absolute Gasteiger partial charge is 0.493 e. The number of amides is 1. The molecule has 4 aromatic rings. The Bertz CT molecular complexity index is 1210. The van der Waals surface area contributed by atoms with E-state index >= 15 is 0 Å². The first kappa shape index (κ1) is 19.7. The quantitative estimate of drug-likeness (QED) is 0.276. The van der Waals surface area contributed by atoms with Gasteiger partial charge in [-0.15, -0.1) is 11.8 Å². The van der Waals surface area contributed by atoms with E-state index in [0.29, 0.717) is 12.2 Å². The number of hydrogen-bond acceptors (Lipinski definition) is 3. The van der Waals surface area contributed by atoms with Crippen LogP contribution in [0.15, 0.2) is 89.8 Å². The van der Waals surface area contributed by atoms with Crippen LogP contribution in [0.25, 0.3) is 10.8 Å². The Morgan fingerprint density at radius 2 is 1.61 bits per heavy atom. The zero-order chi connectivity index (χ0) is 21.0. The van der Waals surface area contributed by atoms with Gasteiger partial charge in [-0.05, 0) is 71.8 Å². The van der Waals surface area contributed by atoms with E-state index in [9.17, 15) is 4.79 Å². The van der Waals surface area contributed by atoms with Crippen LogP contribution in [-0.2, 0) is 12.8 Å². The molecule has 0 aromatic heterocycles. The van der Waals surface area contributed by atoms with Crippen LogP contribution < -0.4 is 10.1 Å². The minimum absolute atomic E-state index is 0.107. The fraction of sp³-hybridized carbons (Fsp3) is 0.148. The predicted octanol–water partition coefficient (Wildman–Crippen LogP) is 6.36. The Kier molecular flexibility index (Phi) is 5.63. The number of anilines is 1. The van der Waals surface area contributed by atoms with Gasteiger partial charge in [0.15, 0.2) is 0 Å². The number of thioether (sulfide) groups is 1. The van der Waals surface area contributed by atoms with Gasteiger partial charge in [-0.3, -0.25) is 4.79 Å². The molecule has 0 aliphatic heterocycles. The van der Waals surface area contributed by atoms with Gasteiger partial charge in [0.1, 0.15) is 5.75 Å². The summed E-state index contributed by atoms with van der Waals surface area (Å²) in [6.07, 6.45) is 2.16. The number of ether oxygens (including phenoxy) is 1. The van der Waals surface area contributed by atoms with Crippen LogP contribution in [0, 0.1) is 0 Å².